The number of alkyl halides is 1. The number of benzene rings is 1. The van der Waals surface area contributed by atoms with Crippen LogP contribution in [0.2, 0.25) is 0 Å². The van der Waals surface area contributed by atoms with Gasteiger partial charge in [0, 0.05) is 13.1 Å². The molecule has 0 heterocycles. The molecular weight excluding hydrogens is 287 g/mol. The van der Waals surface area contributed by atoms with Crippen LogP contribution in [0.25, 0.3) is 0 Å². The molecule has 0 saturated heterocycles. The van der Waals surface area contributed by atoms with Crippen LogP contribution in [0, 0.1) is 11.6 Å². The van der Waals surface area contributed by atoms with Crippen molar-refractivity contribution in [2.24, 2.45) is 0 Å². The van der Waals surface area contributed by atoms with Gasteiger partial charge in [-0.1, -0.05) is 0 Å². The minimum absolute atomic E-state index is 0.359. The van der Waals surface area contributed by atoms with Crippen LogP contribution in [0.1, 0.15) is 0 Å². The summed E-state index contributed by atoms with van der Waals surface area (Å²) in [5, 5.41) is 0.359. The third-order valence-corrected chi connectivity index (χ3v) is 3.85. The first-order valence-corrected chi connectivity index (χ1v) is 6.40. The predicted molar refractivity (Wildman–Crippen MR) is 58.2 cm³/mol. The summed E-state index contributed by atoms with van der Waals surface area (Å²) in [5.74, 6) is -3.90. The Hall–Kier alpha value is -1.61. The van der Waals surface area contributed by atoms with Gasteiger partial charge < -0.3 is 0 Å². The van der Waals surface area contributed by atoms with E-state index in [1.165, 1.54) is 0 Å². The highest BCUT2D eigenvalue weighted by Gasteiger charge is 2.37. The van der Waals surface area contributed by atoms with Gasteiger partial charge in [-0.3, -0.25) is 9.63 Å². The summed E-state index contributed by atoms with van der Waals surface area (Å²) in [6, 6.07) is 1.27. The van der Waals surface area contributed by atoms with Crippen molar-refractivity contribution in [2.45, 2.75) is 10.4 Å². The molecule has 1 atom stereocenters. The van der Waals surface area contributed by atoms with Crippen LogP contribution in [-0.4, -0.2) is 39.0 Å². The third kappa shape index (κ3) is 3.24. The highest BCUT2D eigenvalue weighted by Crippen LogP contribution is 2.21. The zero-order chi connectivity index (χ0) is 14.8. The van der Waals surface area contributed by atoms with Crippen LogP contribution < -0.4 is 0 Å². The highest BCUT2D eigenvalue weighted by atomic mass is 32.2. The molecule has 0 saturated carbocycles. The van der Waals surface area contributed by atoms with Crippen LogP contribution in [-0.2, 0) is 19.5 Å². The zero-order valence-electron chi connectivity index (χ0n) is 9.93. The summed E-state index contributed by atoms with van der Waals surface area (Å²) in [7, 11) is -2.83. The van der Waals surface area contributed by atoms with Crippen LogP contribution in [0.15, 0.2) is 23.1 Å². The van der Waals surface area contributed by atoms with Gasteiger partial charge in [0.25, 0.3) is 11.4 Å². The largest absolute Gasteiger partial charge is 0.296 e. The van der Waals surface area contributed by atoms with E-state index in [-0.39, 0.29) is 0 Å². The summed E-state index contributed by atoms with van der Waals surface area (Å²) in [4.78, 5) is 14.7. The van der Waals surface area contributed by atoms with Crippen LogP contribution in [0.4, 0.5) is 13.2 Å². The second-order valence-electron chi connectivity index (χ2n) is 3.48. The zero-order valence-corrected chi connectivity index (χ0v) is 10.7. The number of amides is 1. The van der Waals surface area contributed by atoms with Gasteiger partial charge in [-0.05, 0) is 12.1 Å². The molecule has 9 heteroatoms. The standard InChI is InChI=1S/C10H10F3NO4S/c1-14(18-2)10(15)9(13)19(16,17)8-4-6(11)3-7(12)5-8/h3-5,9H,1-2H3. The summed E-state index contributed by atoms with van der Waals surface area (Å²) >= 11 is 0. The van der Waals surface area contributed by atoms with E-state index in [0.717, 1.165) is 14.2 Å². The van der Waals surface area contributed by atoms with Gasteiger partial charge in [-0.2, -0.15) is 0 Å². The van der Waals surface area contributed by atoms with Gasteiger partial charge in [-0.25, -0.2) is 26.7 Å². The number of halogens is 3. The van der Waals surface area contributed by atoms with Crippen molar-refractivity contribution in [3.8, 4) is 0 Å². The van der Waals surface area contributed by atoms with Crippen molar-refractivity contribution in [3.63, 3.8) is 0 Å². The Morgan fingerprint density at radius 3 is 2.16 bits per heavy atom. The Kier molecular flexibility index (Phi) is 4.53. The second-order valence-corrected chi connectivity index (χ2v) is 5.46. The van der Waals surface area contributed by atoms with Gasteiger partial charge in [0.1, 0.15) is 11.6 Å². The first-order chi connectivity index (χ1) is 8.70. The Balaban J connectivity index is 3.20. The van der Waals surface area contributed by atoms with Crippen molar-refractivity contribution in [1.82, 2.24) is 5.06 Å². The molecule has 1 aromatic carbocycles. The lowest BCUT2D eigenvalue weighted by atomic mass is 10.3. The van der Waals surface area contributed by atoms with Gasteiger partial charge in [0.2, 0.25) is 9.84 Å². The van der Waals surface area contributed by atoms with Gasteiger partial charge in [0.15, 0.2) is 0 Å². The fraction of sp³-hybridized carbons (Fsp3) is 0.300. The Morgan fingerprint density at radius 2 is 1.74 bits per heavy atom. The first kappa shape index (κ1) is 15.4. The van der Waals surface area contributed by atoms with E-state index in [9.17, 15) is 26.4 Å². The monoisotopic (exact) mass is 297 g/mol. The van der Waals surface area contributed by atoms with E-state index in [1.807, 2.05) is 0 Å². The summed E-state index contributed by atoms with van der Waals surface area (Å²) in [6.07, 6.45) is 0. The molecule has 0 aliphatic heterocycles. The van der Waals surface area contributed by atoms with Crippen molar-refractivity contribution >= 4 is 15.7 Å². The maximum atomic E-state index is 13.7. The molecule has 5 nitrogen and oxygen atoms in total. The normalized spacial score (nSPS) is 13.1. The summed E-state index contributed by atoms with van der Waals surface area (Å²) in [5.41, 5.74) is -3.02. The van der Waals surface area contributed by atoms with Crippen LogP contribution >= 0.6 is 0 Å². The van der Waals surface area contributed by atoms with Crippen molar-refractivity contribution in [2.75, 3.05) is 14.2 Å². The molecule has 0 fully saturated rings. The van der Waals surface area contributed by atoms with Gasteiger partial charge >= 0.3 is 0 Å². The maximum absolute atomic E-state index is 13.7. The molecule has 19 heavy (non-hydrogen) atoms. The third-order valence-electron chi connectivity index (χ3n) is 2.22. The average molecular weight is 297 g/mol. The number of carbonyl (C=O) groups is 1. The Bertz CT molecular complexity index is 570. The molecule has 1 unspecified atom stereocenters. The van der Waals surface area contributed by atoms with Crippen molar-refractivity contribution in [3.05, 3.63) is 29.8 Å². The Morgan fingerprint density at radius 1 is 1.26 bits per heavy atom. The molecule has 1 rings (SSSR count). The molecule has 0 N–H and O–H groups in total. The lowest BCUT2D eigenvalue weighted by Crippen LogP contribution is -2.37. The average Bonchev–Trinajstić information content (AvgIpc) is 2.34. The lowest BCUT2D eigenvalue weighted by Gasteiger charge is -2.16. The highest BCUT2D eigenvalue weighted by molar-refractivity contribution is 7.92. The van der Waals surface area contributed by atoms with E-state index in [4.69, 9.17) is 0 Å². The lowest BCUT2D eigenvalue weighted by molar-refractivity contribution is -0.171. The van der Waals surface area contributed by atoms with E-state index in [0.29, 0.717) is 23.3 Å². The van der Waals surface area contributed by atoms with Gasteiger partial charge in [0.05, 0.1) is 12.0 Å². The quantitative estimate of drug-likeness (QED) is 0.779. The number of hydrogen-bond donors (Lipinski definition) is 0. The summed E-state index contributed by atoms with van der Waals surface area (Å²) in [6.45, 7) is 0. The van der Waals surface area contributed by atoms with E-state index >= 15 is 0 Å². The van der Waals surface area contributed by atoms with E-state index in [1.54, 1.807) is 0 Å². The minimum Gasteiger partial charge on any atom is -0.274 e. The predicted octanol–water partition coefficient (Wildman–Crippen LogP) is 1.05. The summed E-state index contributed by atoms with van der Waals surface area (Å²) < 4.78 is 62.8. The fourth-order valence-electron chi connectivity index (χ4n) is 1.18. The minimum atomic E-state index is -4.86. The number of hydroxylamine groups is 2. The number of carbonyl (C=O) groups excluding carboxylic acids is 1. The van der Waals surface area contributed by atoms with Crippen molar-refractivity contribution in [1.29, 1.82) is 0 Å². The molecule has 0 aliphatic rings. The van der Waals surface area contributed by atoms with Crippen molar-refractivity contribution < 1.29 is 31.2 Å². The molecule has 0 aliphatic carbocycles. The van der Waals surface area contributed by atoms with Gasteiger partial charge in [-0.15, -0.1) is 0 Å². The molecule has 0 spiro atoms. The molecule has 1 aromatic rings. The SMILES string of the molecule is CON(C)C(=O)C(F)S(=O)(=O)c1cc(F)cc(F)c1. The maximum Gasteiger partial charge on any atom is 0.296 e. The second kappa shape index (κ2) is 5.57. The molecule has 0 bridgehead atoms. The number of hydrogen-bond acceptors (Lipinski definition) is 4. The molecule has 106 valence electrons. The fourth-order valence-corrected chi connectivity index (χ4v) is 2.38. The Labute approximate surface area is 107 Å². The topological polar surface area (TPSA) is 63.7 Å². The molecular formula is C10H10F3NO4S. The number of nitrogens with zero attached hydrogens (tertiary/aromatic N) is 1. The van der Waals surface area contributed by atoms with Crippen LogP contribution in [0.5, 0.6) is 0 Å². The number of rotatable bonds is 4. The van der Waals surface area contributed by atoms with Crippen LogP contribution in [0.3, 0.4) is 0 Å². The van der Waals surface area contributed by atoms with E-state index < -0.39 is 37.8 Å². The first-order valence-electron chi connectivity index (χ1n) is 4.86. The van der Waals surface area contributed by atoms with E-state index in [2.05, 4.69) is 4.84 Å². The molecule has 1 amide bonds. The molecule has 0 radical (unpaired) electrons. The molecule has 0 aromatic heterocycles. The smallest absolute Gasteiger partial charge is 0.274 e. The number of sulfone groups is 1.